The lowest BCUT2D eigenvalue weighted by molar-refractivity contribution is -0.139. The van der Waals surface area contributed by atoms with Crippen LogP contribution in [0.1, 0.15) is 93.4 Å². The Kier molecular flexibility index (Phi) is 14.2. The summed E-state index contributed by atoms with van der Waals surface area (Å²) in [5, 5.41) is 0. The van der Waals surface area contributed by atoms with Gasteiger partial charge >= 0.3 is 24.1 Å². The van der Waals surface area contributed by atoms with Gasteiger partial charge < -0.3 is 23.7 Å². The smallest absolute Gasteiger partial charge is 0.462 e. The molecule has 1 aliphatic carbocycles. The zero-order chi connectivity index (χ0) is 36.0. The zero-order valence-corrected chi connectivity index (χ0v) is 29.5. The van der Waals surface area contributed by atoms with Crippen LogP contribution in [0.25, 0.3) is 11.1 Å². The van der Waals surface area contributed by atoms with Crippen LogP contribution in [0, 0.1) is 17.8 Å². The van der Waals surface area contributed by atoms with E-state index in [2.05, 4.69) is 27.4 Å². The molecule has 0 N–H and O–H groups in total. The van der Waals surface area contributed by atoms with E-state index >= 15 is 0 Å². The van der Waals surface area contributed by atoms with Crippen molar-refractivity contribution in [3.05, 3.63) is 96.1 Å². The number of carbonyl (C=O) groups excluding carboxylic acids is 4. The predicted octanol–water partition coefficient (Wildman–Crippen LogP) is 9.39. The predicted molar refractivity (Wildman–Crippen MR) is 190 cm³/mol. The Labute approximate surface area is 294 Å². The van der Waals surface area contributed by atoms with E-state index in [1.54, 1.807) is 31.2 Å². The van der Waals surface area contributed by atoms with E-state index in [9.17, 15) is 19.2 Å². The topological polar surface area (TPSA) is 114 Å². The van der Waals surface area contributed by atoms with Crippen molar-refractivity contribution in [2.24, 2.45) is 17.8 Å². The Morgan fingerprint density at radius 1 is 0.700 bits per heavy atom. The van der Waals surface area contributed by atoms with Crippen LogP contribution in [0.2, 0.25) is 0 Å². The first-order valence-electron chi connectivity index (χ1n) is 17.4. The molecule has 266 valence electrons. The molecule has 0 bridgehead atoms. The van der Waals surface area contributed by atoms with Crippen molar-refractivity contribution in [2.45, 2.75) is 78.7 Å². The molecule has 1 fully saturated rings. The maximum Gasteiger partial charge on any atom is 0.513 e. The van der Waals surface area contributed by atoms with Gasteiger partial charge in [-0.3, -0.25) is 0 Å². The van der Waals surface area contributed by atoms with Crippen LogP contribution < -0.4 is 9.47 Å². The third kappa shape index (κ3) is 11.6. The first-order chi connectivity index (χ1) is 24.0. The second-order valence-electron chi connectivity index (χ2n) is 13.3. The van der Waals surface area contributed by atoms with Gasteiger partial charge in [-0.25, -0.2) is 19.2 Å². The van der Waals surface area contributed by atoms with Crippen LogP contribution in [0.4, 0.5) is 4.79 Å². The molecule has 4 rings (SSSR count). The average molecular weight is 685 g/mol. The van der Waals surface area contributed by atoms with Gasteiger partial charge in [0.1, 0.15) is 17.6 Å². The van der Waals surface area contributed by atoms with Crippen molar-refractivity contribution in [2.75, 3.05) is 13.2 Å². The molecular weight excluding hydrogens is 636 g/mol. The molecule has 0 amide bonds. The minimum atomic E-state index is -0.825. The number of ether oxygens (including phenoxy) is 5. The molecule has 0 aliphatic heterocycles. The summed E-state index contributed by atoms with van der Waals surface area (Å²) in [4.78, 5) is 49.1. The number of rotatable bonds is 15. The van der Waals surface area contributed by atoms with Gasteiger partial charge in [0.15, 0.2) is 0 Å². The van der Waals surface area contributed by atoms with Crippen LogP contribution in [-0.4, -0.2) is 43.4 Å². The summed E-state index contributed by atoms with van der Waals surface area (Å²) in [6, 6.07) is 20.4. The number of hydrogen-bond donors (Lipinski definition) is 0. The number of carbonyl (C=O) groups is 4. The van der Waals surface area contributed by atoms with E-state index in [1.165, 1.54) is 30.7 Å². The van der Waals surface area contributed by atoms with E-state index < -0.39 is 18.1 Å². The van der Waals surface area contributed by atoms with E-state index in [4.69, 9.17) is 23.7 Å². The lowest BCUT2D eigenvalue weighted by Gasteiger charge is -2.36. The Bertz CT molecular complexity index is 1590. The highest BCUT2D eigenvalue weighted by Crippen LogP contribution is 2.36. The fourth-order valence-electron chi connectivity index (χ4n) is 5.92. The van der Waals surface area contributed by atoms with E-state index in [-0.39, 0.29) is 24.4 Å². The van der Waals surface area contributed by atoms with Gasteiger partial charge in [0.05, 0.1) is 24.3 Å². The van der Waals surface area contributed by atoms with Crippen LogP contribution in [0.15, 0.2) is 84.9 Å². The van der Waals surface area contributed by atoms with Gasteiger partial charge in [-0.05, 0) is 123 Å². The fourth-order valence-corrected chi connectivity index (χ4v) is 5.92. The van der Waals surface area contributed by atoms with E-state index in [0.29, 0.717) is 53.2 Å². The minimum Gasteiger partial charge on any atom is -0.462 e. The number of esters is 3. The van der Waals surface area contributed by atoms with Crippen molar-refractivity contribution >= 4 is 24.1 Å². The quantitative estimate of drug-likeness (QED) is 0.0386. The maximum absolute atomic E-state index is 13.0. The third-order valence-corrected chi connectivity index (χ3v) is 8.87. The van der Waals surface area contributed by atoms with E-state index in [1.807, 2.05) is 24.3 Å². The molecule has 0 radical (unpaired) electrons. The Morgan fingerprint density at radius 2 is 1.22 bits per heavy atom. The van der Waals surface area contributed by atoms with Gasteiger partial charge in [-0.15, -0.1) is 0 Å². The highest BCUT2D eigenvalue weighted by atomic mass is 16.7. The summed E-state index contributed by atoms with van der Waals surface area (Å²) in [5.41, 5.74) is 3.05. The Morgan fingerprint density at radius 3 is 1.76 bits per heavy atom. The molecule has 3 aromatic carbocycles. The monoisotopic (exact) mass is 684 g/mol. The van der Waals surface area contributed by atoms with Gasteiger partial charge in [0.2, 0.25) is 0 Å². The molecule has 0 aromatic heterocycles. The van der Waals surface area contributed by atoms with Crippen molar-refractivity contribution in [3.63, 3.8) is 0 Å². The molecule has 3 unspecified atom stereocenters. The van der Waals surface area contributed by atoms with Gasteiger partial charge in [0, 0.05) is 5.57 Å². The molecule has 9 nitrogen and oxygen atoms in total. The first-order valence-corrected chi connectivity index (χ1v) is 17.4. The molecule has 50 heavy (non-hydrogen) atoms. The van der Waals surface area contributed by atoms with Crippen molar-refractivity contribution in [1.29, 1.82) is 0 Å². The van der Waals surface area contributed by atoms with E-state index in [0.717, 1.165) is 43.2 Å². The highest BCUT2D eigenvalue weighted by Gasteiger charge is 2.33. The summed E-state index contributed by atoms with van der Waals surface area (Å²) in [6.07, 6.45) is 5.30. The second-order valence-corrected chi connectivity index (χ2v) is 13.3. The summed E-state index contributed by atoms with van der Waals surface area (Å²) < 4.78 is 26.8. The van der Waals surface area contributed by atoms with Crippen molar-refractivity contribution in [1.82, 2.24) is 0 Å². The molecule has 1 aliphatic rings. The Hall–Kier alpha value is -4.92. The summed E-state index contributed by atoms with van der Waals surface area (Å²) >= 11 is 0. The zero-order valence-electron chi connectivity index (χ0n) is 29.5. The molecule has 3 atom stereocenters. The summed E-state index contributed by atoms with van der Waals surface area (Å²) in [6.45, 7) is 12.3. The highest BCUT2D eigenvalue weighted by molar-refractivity contribution is 5.92. The minimum absolute atomic E-state index is 0.0557. The van der Waals surface area contributed by atoms with Crippen LogP contribution in [-0.2, 0) is 19.0 Å². The molecular formula is C41H48O9. The standard InChI is InChI=1S/C41H48O9/c1-27(2)36-23-10-29(5)26-37(36)50-40(44)33-17-13-31(14-18-33)30-11-15-32(16-12-30)39(43)48-34-19-21-35(22-20-34)49-41(45)47-25-9-7-6-8-24-46-38(42)28(3)4/h11-22,27,29,36-37H,3,6-10,23-26H2,1-2,4-5H3. The summed E-state index contributed by atoms with van der Waals surface area (Å²) in [5.74, 6) is 0.727. The van der Waals surface area contributed by atoms with Crippen LogP contribution in [0.3, 0.4) is 0 Å². The lowest BCUT2D eigenvalue weighted by atomic mass is 9.75. The Balaban J connectivity index is 1.18. The molecule has 0 spiro atoms. The molecule has 3 aromatic rings. The van der Waals surface area contributed by atoms with Crippen molar-refractivity contribution in [3.8, 4) is 22.6 Å². The first kappa shape index (κ1) is 37.9. The average Bonchev–Trinajstić information content (AvgIpc) is 3.10. The molecule has 9 heteroatoms. The van der Waals surface area contributed by atoms with Gasteiger partial charge in [-0.2, -0.15) is 0 Å². The van der Waals surface area contributed by atoms with Crippen LogP contribution >= 0.6 is 0 Å². The number of unbranched alkanes of at least 4 members (excludes halogenated alkanes) is 3. The molecule has 1 saturated carbocycles. The summed E-state index contributed by atoms with van der Waals surface area (Å²) in [7, 11) is 0. The van der Waals surface area contributed by atoms with Gasteiger partial charge in [-0.1, -0.05) is 58.0 Å². The maximum atomic E-state index is 13.0. The third-order valence-electron chi connectivity index (χ3n) is 8.87. The number of benzene rings is 3. The number of hydrogen-bond acceptors (Lipinski definition) is 9. The molecule has 0 heterocycles. The second kappa shape index (κ2) is 18.7. The largest absolute Gasteiger partial charge is 0.513 e. The lowest BCUT2D eigenvalue weighted by Crippen LogP contribution is -2.35. The van der Waals surface area contributed by atoms with Crippen LogP contribution in [0.5, 0.6) is 11.5 Å². The molecule has 0 saturated heterocycles. The van der Waals surface area contributed by atoms with Crippen molar-refractivity contribution < 1.29 is 42.9 Å². The SMILES string of the molecule is C=C(C)C(=O)OCCCCCCOC(=O)Oc1ccc(OC(=O)c2ccc(-c3ccc(C(=O)OC4CC(C)CCC4C(C)C)cc3)cc2)cc1. The van der Waals surface area contributed by atoms with Gasteiger partial charge in [0.25, 0.3) is 0 Å². The fraction of sp³-hybridized carbons (Fsp3) is 0.415. The normalized spacial score (nSPS) is 17.0.